The van der Waals surface area contributed by atoms with Crippen LogP contribution in [0.2, 0.25) is 0 Å². The van der Waals surface area contributed by atoms with Crippen LogP contribution in [0.4, 0.5) is 16.2 Å². The number of hydrogen-bond donors (Lipinski definition) is 3. The molecule has 0 radical (unpaired) electrons. The molecule has 7 heteroatoms. The van der Waals surface area contributed by atoms with Crippen molar-refractivity contribution in [3.8, 4) is 0 Å². The molecule has 0 aromatic heterocycles. The Labute approximate surface area is 123 Å². The maximum atomic E-state index is 11.9. The summed E-state index contributed by atoms with van der Waals surface area (Å²) in [6, 6.07) is 7.12. The van der Waals surface area contributed by atoms with Gasteiger partial charge < -0.3 is 16.4 Å². The van der Waals surface area contributed by atoms with E-state index in [4.69, 9.17) is 5.73 Å². The molecule has 1 aliphatic heterocycles. The van der Waals surface area contributed by atoms with Gasteiger partial charge in [-0.25, -0.2) is 4.79 Å². The minimum absolute atomic E-state index is 0. The largest absolute Gasteiger partial charge is 0.336 e. The van der Waals surface area contributed by atoms with Crippen LogP contribution in [0.25, 0.3) is 0 Å². The average Bonchev–Trinajstić information content (AvgIpc) is 3.00. The Morgan fingerprint density at radius 1 is 1.40 bits per heavy atom. The molecule has 108 valence electrons. The third-order valence-electron chi connectivity index (χ3n) is 3.51. The van der Waals surface area contributed by atoms with Crippen LogP contribution in [0, 0.1) is 0 Å². The van der Waals surface area contributed by atoms with Gasteiger partial charge in [0.05, 0.1) is 5.54 Å². The molecule has 2 fully saturated rings. The van der Waals surface area contributed by atoms with Crippen molar-refractivity contribution in [1.82, 2.24) is 5.32 Å². The number of nitrogens with one attached hydrogen (secondary N) is 2. The Balaban J connectivity index is 0.00000147. The summed E-state index contributed by atoms with van der Waals surface area (Å²) < 4.78 is 0. The number of carbonyl (C=O) groups excluding carboxylic acids is 2. The van der Waals surface area contributed by atoms with Gasteiger partial charge in [0.2, 0.25) is 5.91 Å². The van der Waals surface area contributed by atoms with E-state index in [0.717, 1.165) is 18.5 Å². The number of anilines is 2. The van der Waals surface area contributed by atoms with Gasteiger partial charge in [-0.2, -0.15) is 0 Å². The van der Waals surface area contributed by atoms with Crippen molar-refractivity contribution in [1.29, 1.82) is 0 Å². The molecule has 0 spiro atoms. The third kappa shape index (κ3) is 2.71. The van der Waals surface area contributed by atoms with E-state index in [0.29, 0.717) is 18.8 Å². The summed E-state index contributed by atoms with van der Waals surface area (Å²) in [6.45, 7) is 1.28. The minimum Gasteiger partial charge on any atom is -0.336 e. The van der Waals surface area contributed by atoms with Crippen LogP contribution >= 0.6 is 12.4 Å². The van der Waals surface area contributed by atoms with Crippen molar-refractivity contribution >= 4 is 35.7 Å². The fourth-order valence-corrected chi connectivity index (χ4v) is 2.09. The van der Waals surface area contributed by atoms with E-state index in [-0.39, 0.29) is 24.3 Å². The summed E-state index contributed by atoms with van der Waals surface area (Å²) >= 11 is 0. The summed E-state index contributed by atoms with van der Waals surface area (Å²) in [5.74, 6) is -0.157. The highest BCUT2D eigenvalue weighted by atomic mass is 35.5. The molecule has 3 rings (SSSR count). The number of rotatable bonds is 3. The molecule has 6 nitrogen and oxygen atoms in total. The van der Waals surface area contributed by atoms with Gasteiger partial charge in [0.1, 0.15) is 0 Å². The van der Waals surface area contributed by atoms with Crippen molar-refractivity contribution in [2.75, 3.05) is 23.3 Å². The second kappa shape index (κ2) is 5.30. The summed E-state index contributed by atoms with van der Waals surface area (Å²) in [6.07, 6.45) is 1.46. The maximum Gasteiger partial charge on any atom is 0.321 e. The predicted octanol–water partition coefficient (Wildman–Crippen LogP) is 1.07. The van der Waals surface area contributed by atoms with Gasteiger partial charge >= 0.3 is 6.03 Å². The lowest BCUT2D eigenvalue weighted by molar-refractivity contribution is -0.118. The van der Waals surface area contributed by atoms with Crippen LogP contribution in [0.15, 0.2) is 24.3 Å². The average molecular weight is 297 g/mol. The molecule has 1 heterocycles. The normalized spacial score (nSPS) is 19.1. The molecule has 0 unspecified atom stereocenters. The monoisotopic (exact) mass is 296 g/mol. The van der Waals surface area contributed by atoms with Gasteiger partial charge in [-0.05, 0) is 31.0 Å². The van der Waals surface area contributed by atoms with Crippen LogP contribution < -0.4 is 21.3 Å². The standard InChI is InChI=1S/C13H16N4O2.ClH/c14-13(4-5-13)11(18)16-9-2-1-3-10(8-9)17-7-6-15-12(17)19;/h1-3,8H,4-7,14H2,(H,15,19)(H,16,18);1H. The van der Waals surface area contributed by atoms with Gasteiger partial charge in [0.25, 0.3) is 0 Å². The highest BCUT2D eigenvalue weighted by Gasteiger charge is 2.45. The SMILES string of the molecule is Cl.NC1(C(=O)Nc2cccc(N3CCNC3=O)c2)CC1. The lowest BCUT2D eigenvalue weighted by Crippen LogP contribution is -2.37. The lowest BCUT2D eigenvalue weighted by atomic mass is 10.2. The molecule has 1 aliphatic carbocycles. The topological polar surface area (TPSA) is 87.5 Å². The molecule has 20 heavy (non-hydrogen) atoms. The van der Waals surface area contributed by atoms with Crippen molar-refractivity contribution in [3.63, 3.8) is 0 Å². The van der Waals surface area contributed by atoms with E-state index in [1.165, 1.54) is 0 Å². The number of amides is 3. The van der Waals surface area contributed by atoms with Crippen LogP contribution in [0.5, 0.6) is 0 Å². The summed E-state index contributed by atoms with van der Waals surface area (Å²) in [4.78, 5) is 25.1. The third-order valence-corrected chi connectivity index (χ3v) is 3.51. The first-order chi connectivity index (χ1) is 9.08. The maximum absolute atomic E-state index is 11.9. The Morgan fingerprint density at radius 2 is 2.15 bits per heavy atom. The first-order valence-electron chi connectivity index (χ1n) is 6.34. The van der Waals surface area contributed by atoms with Gasteiger partial charge in [0, 0.05) is 24.5 Å². The van der Waals surface area contributed by atoms with E-state index in [2.05, 4.69) is 10.6 Å². The molecule has 1 aromatic rings. The van der Waals surface area contributed by atoms with E-state index in [1.807, 2.05) is 12.1 Å². The number of halogens is 1. The molecule has 1 saturated heterocycles. The molecule has 3 amide bonds. The lowest BCUT2D eigenvalue weighted by Gasteiger charge is -2.16. The van der Waals surface area contributed by atoms with E-state index in [1.54, 1.807) is 17.0 Å². The fraction of sp³-hybridized carbons (Fsp3) is 0.385. The number of urea groups is 1. The zero-order valence-corrected chi connectivity index (χ0v) is 11.7. The van der Waals surface area contributed by atoms with Gasteiger partial charge in [-0.3, -0.25) is 9.69 Å². The van der Waals surface area contributed by atoms with Crippen molar-refractivity contribution in [2.45, 2.75) is 18.4 Å². The van der Waals surface area contributed by atoms with E-state index in [9.17, 15) is 9.59 Å². The number of benzene rings is 1. The molecule has 0 bridgehead atoms. The first kappa shape index (κ1) is 14.6. The van der Waals surface area contributed by atoms with Crippen LogP contribution in [0.1, 0.15) is 12.8 Å². The highest BCUT2D eigenvalue weighted by Crippen LogP contribution is 2.33. The molecular formula is C13H17ClN4O2. The second-order valence-electron chi connectivity index (χ2n) is 5.04. The molecular weight excluding hydrogens is 280 g/mol. The Bertz CT molecular complexity index is 545. The van der Waals surface area contributed by atoms with Crippen LogP contribution in [-0.4, -0.2) is 30.6 Å². The Kier molecular flexibility index (Phi) is 3.87. The zero-order chi connectivity index (χ0) is 13.5. The van der Waals surface area contributed by atoms with Crippen molar-refractivity contribution in [2.24, 2.45) is 5.73 Å². The number of carbonyl (C=O) groups is 2. The van der Waals surface area contributed by atoms with Crippen molar-refractivity contribution in [3.05, 3.63) is 24.3 Å². The Hall–Kier alpha value is -1.79. The quantitative estimate of drug-likeness (QED) is 0.779. The zero-order valence-electron chi connectivity index (χ0n) is 10.9. The van der Waals surface area contributed by atoms with Crippen LogP contribution in [-0.2, 0) is 4.79 Å². The molecule has 1 aromatic carbocycles. The highest BCUT2D eigenvalue weighted by molar-refractivity contribution is 6.01. The number of nitrogens with zero attached hydrogens (tertiary/aromatic N) is 1. The number of nitrogens with two attached hydrogens (primary N) is 1. The minimum atomic E-state index is -0.693. The smallest absolute Gasteiger partial charge is 0.321 e. The predicted molar refractivity (Wildman–Crippen MR) is 79.2 cm³/mol. The fourth-order valence-electron chi connectivity index (χ4n) is 2.09. The van der Waals surface area contributed by atoms with Gasteiger partial charge in [-0.15, -0.1) is 12.4 Å². The molecule has 1 saturated carbocycles. The van der Waals surface area contributed by atoms with E-state index >= 15 is 0 Å². The van der Waals surface area contributed by atoms with Crippen molar-refractivity contribution < 1.29 is 9.59 Å². The second-order valence-corrected chi connectivity index (χ2v) is 5.04. The summed E-state index contributed by atoms with van der Waals surface area (Å²) in [7, 11) is 0. The summed E-state index contributed by atoms with van der Waals surface area (Å²) in [5, 5.41) is 5.54. The first-order valence-corrected chi connectivity index (χ1v) is 6.34. The summed E-state index contributed by atoms with van der Waals surface area (Å²) in [5.41, 5.74) is 6.58. The van der Waals surface area contributed by atoms with E-state index < -0.39 is 5.54 Å². The number of hydrogen-bond acceptors (Lipinski definition) is 3. The Morgan fingerprint density at radius 3 is 2.75 bits per heavy atom. The van der Waals surface area contributed by atoms with Gasteiger partial charge in [-0.1, -0.05) is 6.07 Å². The molecule has 4 N–H and O–H groups in total. The van der Waals surface area contributed by atoms with Gasteiger partial charge in [0.15, 0.2) is 0 Å². The van der Waals surface area contributed by atoms with Crippen LogP contribution in [0.3, 0.4) is 0 Å². The molecule has 0 atom stereocenters. The molecule has 2 aliphatic rings.